The molecule has 8 fully saturated rings. The molecule has 4 heterocycles. The molecule has 4 aliphatic heterocycles. The van der Waals surface area contributed by atoms with E-state index in [0.717, 1.165) is 6.08 Å². The van der Waals surface area contributed by atoms with Gasteiger partial charge in [0.25, 0.3) is 0 Å². The lowest BCUT2D eigenvalue weighted by Crippen LogP contribution is -2.65. The number of hydrogen-bond acceptors (Lipinski definition) is 29. The van der Waals surface area contributed by atoms with Crippen LogP contribution in [0.25, 0.3) is 0 Å². The van der Waals surface area contributed by atoms with E-state index in [4.69, 9.17) is 66.7 Å². The number of aliphatic carboxylic acids is 1. The molecular formula is C56H86O30. The molecule has 86 heavy (non-hydrogen) atoms. The molecule has 0 aromatic heterocycles. The van der Waals surface area contributed by atoms with E-state index in [1.54, 1.807) is 6.08 Å². The molecule has 30 nitrogen and oxygen atoms in total. The first-order valence-corrected chi connectivity index (χ1v) is 29.4. The fraction of sp³-hybridized carbons (Fsp3) is 0.857. The van der Waals surface area contributed by atoms with Crippen LogP contribution in [0.5, 0.6) is 0 Å². The summed E-state index contributed by atoms with van der Waals surface area (Å²) in [6.45, 7) is -2.04. The van der Waals surface area contributed by atoms with Gasteiger partial charge in [-0.2, -0.15) is 0 Å². The summed E-state index contributed by atoms with van der Waals surface area (Å²) in [5, 5.41) is 142. The Kier molecular flexibility index (Phi) is 24.7. The molecule has 490 valence electrons. The van der Waals surface area contributed by atoms with Crippen LogP contribution in [0.1, 0.15) is 77.0 Å². The Morgan fingerprint density at radius 1 is 0.488 bits per heavy atom. The van der Waals surface area contributed by atoms with E-state index in [1.807, 2.05) is 0 Å². The molecule has 13 N–H and O–H groups in total. The van der Waals surface area contributed by atoms with Crippen LogP contribution in [0.3, 0.4) is 0 Å². The van der Waals surface area contributed by atoms with Crippen LogP contribution in [0.15, 0.2) is 24.3 Å². The number of hydrogen-bond donors (Lipinski definition) is 13. The normalized spacial score (nSPS) is 45.9. The van der Waals surface area contributed by atoms with Crippen molar-refractivity contribution in [1.82, 2.24) is 0 Å². The van der Waals surface area contributed by atoms with E-state index >= 15 is 0 Å². The summed E-state index contributed by atoms with van der Waals surface area (Å²) in [5.74, 6) is -6.46. The van der Waals surface area contributed by atoms with Gasteiger partial charge < -0.3 is 128 Å². The van der Waals surface area contributed by atoms with E-state index < -0.39 is 221 Å². The van der Waals surface area contributed by atoms with Crippen molar-refractivity contribution in [3.63, 3.8) is 0 Å². The van der Waals surface area contributed by atoms with Crippen LogP contribution in [0, 0.1) is 23.7 Å². The number of carboxylic acid groups (broad SMARTS) is 1. The third-order valence-electron chi connectivity index (χ3n) is 18.0. The molecule has 0 bridgehead atoms. The minimum atomic E-state index is -2.04. The molecule has 4 saturated carbocycles. The van der Waals surface area contributed by atoms with E-state index in [0.29, 0.717) is 32.1 Å². The van der Waals surface area contributed by atoms with Crippen molar-refractivity contribution in [3.05, 3.63) is 24.3 Å². The number of carbonyl (C=O) groups is 4. The zero-order valence-corrected chi connectivity index (χ0v) is 48.0. The Hall–Kier alpha value is -3.52. The lowest BCUT2D eigenvalue weighted by molar-refractivity contribution is -0.373. The second-order valence-electron chi connectivity index (χ2n) is 23.8. The first-order chi connectivity index (χ1) is 41.0. The number of esters is 3. The van der Waals surface area contributed by atoms with Gasteiger partial charge in [-0.15, -0.1) is 0 Å². The van der Waals surface area contributed by atoms with Crippen molar-refractivity contribution in [2.24, 2.45) is 23.7 Å². The summed E-state index contributed by atoms with van der Waals surface area (Å²) in [5.41, 5.74) is 0. The fourth-order valence-corrected chi connectivity index (χ4v) is 13.1. The molecule has 28 atom stereocenters. The van der Waals surface area contributed by atoms with Crippen molar-refractivity contribution in [1.29, 1.82) is 0 Å². The standard InChI is InChI=1S/C56H86O30/c1-74-34-12-23(4-8-29(34)59)5-10-41(64)77-21-39-47(70)49(72)53(86-55-52(44(67)31(61)20-79-55)85-42(65)11-6-24-13-35(75-2)45(68)36(14-24)76-3)56(84-39)82-37-18-27-32(80-51(37)25-7-9-28(58)30(60)15-25)16-26(57)17-33(27)81-54-50(73)48(71)46(69)38(83-54)22-78-43(66)19-40(62)63/h5-6,10-11,23-39,44-61,67-73H,4,7-9,12-22H2,1-3H3,(H,62,63). The van der Waals surface area contributed by atoms with Gasteiger partial charge in [-0.3, -0.25) is 9.59 Å². The molecule has 8 rings (SSSR count). The smallest absolute Gasteiger partial charge is 0.330 e. The first-order valence-electron chi connectivity index (χ1n) is 29.4. The van der Waals surface area contributed by atoms with Crippen molar-refractivity contribution in [3.8, 4) is 0 Å². The molecule has 4 saturated heterocycles. The van der Waals surface area contributed by atoms with Gasteiger partial charge >= 0.3 is 23.9 Å². The number of fused-ring (bicyclic) bond motifs is 1. The van der Waals surface area contributed by atoms with Gasteiger partial charge in [-0.1, -0.05) is 12.2 Å². The van der Waals surface area contributed by atoms with Gasteiger partial charge in [0.1, 0.15) is 86.8 Å². The maximum Gasteiger partial charge on any atom is 0.330 e. The molecular weight excluding hydrogens is 1150 g/mol. The largest absolute Gasteiger partial charge is 0.481 e. The SMILES string of the molecule is COC1CC(C=CC(=O)OCC2OC(OC3CC4C(OC5OC(COC(=O)CC(=O)O)C(O)C(O)C5O)CC(O)CC4OC3C3CCC(O)C(O)C3)C(OC3OCC(O)C(O)C3OC(=O)C=CC3CC(OC)C(O)C(OC)C3)C(O)C2O)CCC1O. The third-order valence-corrected chi connectivity index (χ3v) is 18.0. The van der Waals surface area contributed by atoms with Crippen LogP contribution in [0.4, 0.5) is 0 Å². The highest BCUT2D eigenvalue weighted by Crippen LogP contribution is 2.46. The first kappa shape index (κ1) is 68.4. The Bertz CT molecular complexity index is 2250. The third kappa shape index (κ3) is 16.9. The number of carboxylic acids is 1. The van der Waals surface area contributed by atoms with Crippen LogP contribution in [-0.2, 0) is 80.8 Å². The van der Waals surface area contributed by atoms with Crippen LogP contribution < -0.4 is 0 Å². The molecule has 8 aliphatic rings. The predicted octanol–water partition coefficient (Wildman–Crippen LogP) is -4.51. The van der Waals surface area contributed by atoms with Gasteiger partial charge in [-0.05, 0) is 82.0 Å². The van der Waals surface area contributed by atoms with Gasteiger partial charge in [0.2, 0.25) is 0 Å². The minimum absolute atomic E-state index is 0.0149. The van der Waals surface area contributed by atoms with Crippen LogP contribution >= 0.6 is 0 Å². The molecule has 0 amide bonds. The van der Waals surface area contributed by atoms with Gasteiger partial charge in [0.05, 0.1) is 73.8 Å². The maximum atomic E-state index is 13.6. The predicted molar refractivity (Wildman–Crippen MR) is 282 cm³/mol. The molecule has 4 aliphatic carbocycles. The molecule has 0 aromatic carbocycles. The lowest BCUT2D eigenvalue weighted by atomic mass is 9.72. The second kappa shape index (κ2) is 31.0. The molecule has 30 heteroatoms. The van der Waals surface area contributed by atoms with Crippen LogP contribution in [0.2, 0.25) is 0 Å². The Morgan fingerprint density at radius 2 is 1.10 bits per heavy atom. The van der Waals surface area contributed by atoms with Gasteiger partial charge in [0.15, 0.2) is 25.0 Å². The summed E-state index contributed by atoms with van der Waals surface area (Å²) in [7, 11) is 4.32. The highest BCUT2D eigenvalue weighted by molar-refractivity contribution is 5.90. The Labute approximate surface area is 495 Å². The van der Waals surface area contributed by atoms with E-state index in [1.165, 1.54) is 33.5 Å². The monoisotopic (exact) mass is 1240 g/mol. The van der Waals surface area contributed by atoms with E-state index in [-0.39, 0.29) is 50.4 Å². The molecule has 0 radical (unpaired) electrons. The number of ether oxygens (including phenoxy) is 13. The van der Waals surface area contributed by atoms with Gasteiger partial charge in [-0.25, -0.2) is 9.59 Å². The molecule has 0 spiro atoms. The zero-order chi connectivity index (χ0) is 62.3. The summed E-state index contributed by atoms with van der Waals surface area (Å²) >= 11 is 0. The average molecular weight is 1240 g/mol. The van der Waals surface area contributed by atoms with E-state index in [9.17, 15) is 80.5 Å². The number of allylic oxidation sites excluding steroid dienone is 2. The number of aliphatic hydroxyl groups excluding tert-OH is 12. The van der Waals surface area contributed by atoms with Gasteiger partial charge in [0, 0.05) is 45.8 Å². The van der Waals surface area contributed by atoms with Crippen molar-refractivity contribution >= 4 is 23.9 Å². The summed E-state index contributed by atoms with van der Waals surface area (Å²) < 4.78 is 76.8. The second-order valence-corrected chi connectivity index (χ2v) is 23.8. The number of carbonyl (C=O) groups excluding carboxylic acids is 3. The Balaban J connectivity index is 1.06. The van der Waals surface area contributed by atoms with Crippen molar-refractivity contribution in [2.75, 3.05) is 41.2 Å². The fourth-order valence-electron chi connectivity index (χ4n) is 13.1. The quantitative estimate of drug-likeness (QED) is 0.0223. The molecule has 28 unspecified atom stereocenters. The number of methoxy groups -OCH3 is 3. The number of aliphatic hydroxyl groups is 12. The average Bonchev–Trinajstić information content (AvgIpc) is 3.56. The number of rotatable bonds is 21. The van der Waals surface area contributed by atoms with Crippen LogP contribution in [-0.4, -0.2) is 291 Å². The topological polar surface area (TPSA) is 451 Å². The highest BCUT2D eigenvalue weighted by atomic mass is 16.8. The van der Waals surface area contributed by atoms with E-state index in [2.05, 4.69) is 0 Å². The van der Waals surface area contributed by atoms with Crippen molar-refractivity contribution in [2.45, 2.75) is 236 Å². The highest BCUT2D eigenvalue weighted by Gasteiger charge is 2.56. The molecule has 0 aromatic rings. The summed E-state index contributed by atoms with van der Waals surface area (Å²) in [6.07, 6.45) is -29.8. The zero-order valence-electron chi connectivity index (χ0n) is 48.0. The summed E-state index contributed by atoms with van der Waals surface area (Å²) in [4.78, 5) is 50.0. The Morgan fingerprint density at radius 3 is 1.78 bits per heavy atom. The van der Waals surface area contributed by atoms with Crippen molar-refractivity contribution < 1.29 is 147 Å². The maximum absolute atomic E-state index is 13.6. The summed E-state index contributed by atoms with van der Waals surface area (Å²) in [6, 6.07) is 0. The lowest BCUT2D eigenvalue weighted by Gasteiger charge is -2.53. The minimum Gasteiger partial charge on any atom is -0.481 e.